The topological polar surface area (TPSA) is 68.5 Å². The van der Waals surface area contributed by atoms with Gasteiger partial charge >= 0.3 is 5.97 Å². The summed E-state index contributed by atoms with van der Waals surface area (Å²) in [5.74, 6) is -0.475. The Balaban J connectivity index is 2.29. The fraction of sp³-hybridized carbons (Fsp3) is 0.231. The van der Waals surface area contributed by atoms with Crippen molar-refractivity contribution in [2.75, 3.05) is 7.11 Å². The first-order valence-corrected chi connectivity index (χ1v) is 5.52. The average Bonchev–Trinajstić information content (AvgIpc) is 2.78. The number of hydrogen-bond acceptors (Lipinski definition) is 3. The number of fused-ring (bicyclic) bond motifs is 1. The Kier molecular flexibility index (Phi) is 3.32. The Hall–Kier alpha value is -2.30. The highest BCUT2D eigenvalue weighted by Gasteiger charge is 2.11. The summed E-state index contributed by atoms with van der Waals surface area (Å²) in [7, 11) is 1.58. The molecular formula is C13H13NO4. The van der Waals surface area contributed by atoms with Gasteiger partial charge in [-0.3, -0.25) is 14.2 Å². The van der Waals surface area contributed by atoms with Gasteiger partial charge in [-0.1, -0.05) is 0 Å². The van der Waals surface area contributed by atoms with Crippen molar-refractivity contribution in [2.24, 2.45) is 0 Å². The number of carboxylic acid groups (broad SMARTS) is 1. The van der Waals surface area contributed by atoms with Crippen molar-refractivity contribution in [1.29, 1.82) is 0 Å². The molecule has 0 atom stereocenters. The largest absolute Gasteiger partial charge is 0.497 e. The molecule has 0 aliphatic heterocycles. The number of carboxylic acids is 1. The van der Waals surface area contributed by atoms with Crippen LogP contribution in [0.3, 0.4) is 0 Å². The Bertz CT molecular complexity index is 600. The molecule has 2 aromatic rings. The summed E-state index contributed by atoms with van der Waals surface area (Å²) in [5, 5.41) is 9.45. The quantitative estimate of drug-likeness (QED) is 0.898. The summed E-state index contributed by atoms with van der Waals surface area (Å²) in [5.41, 5.74) is 0.756. The first kappa shape index (κ1) is 12.2. The lowest BCUT2D eigenvalue weighted by Gasteiger charge is -2.04. The molecule has 0 radical (unpaired) electrons. The molecular weight excluding hydrogens is 234 g/mol. The monoisotopic (exact) mass is 247 g/mol. The van der Waals surface area contributed by atoms with E-state index in [1.54, 1.807) is 31.5 Å². The third-order valence-corrected chi connectivity index (χ3v) is 2.72. The van der Waals surface area contributed by atoms with Gasteiger partial charge in [-0.25, -0.2) is 0 Å². The van der Waals surface area contributed by atoms with Crippen molar-refractivity contribution in [1.82, 2.24) is 4.57 Å². The number of rotatable bonds is 4. The maximum atomic E-state index is 11.8. The van der Waals surface area contributed by atoms with Crippen LogP contribution in [0.25, 0.3) is 10.9 Å². The van der Waals surface area contributed by atoms with Crippen LogP contribution in [-0.2, 0) is 4.79 Å². The van der Waals surface area contributed by atoms with Crippen molar-refractivity contribution < 1.29 is 19.4 Å². The van der Waals surface area contributed by atoms with E-state index in [4.69, 9.17) is 9.84 Å². The number of ether oxygens (including phenoxy) is 1. The summed E-state index contributed by atoms with van der Waals surface area (Å²) in [4.78, 5) is 22.3. The van der Waals surface area contributed by atoms with Gasteiger partial charge in [-0.05, 0) is 24.3 Å². The van der Waals surface area contributed by atoms with Crippen molar-refractivity contribution >= 4 is 22.8 Å². The van der Waals surface area contributed by atoms with Crippen molar-refractivity contribution in [3.63, 3.8) is 0 Å². The van der Waals surface area contributed by atoms with Gasteiger partial charge in [0.1, 0.15) is 5.75 Å². The predicted molar refractivity (Wildman–Crippen MR) is 66.0 cm³/mol. The number of nitrogens with zero attached hydrogens (tertiary/aromatic N) is 1. The summed E-state index contributed by atoms with van der Waals surface area (Å²) in [6.45, 7) is 0. The van der Waals surface area contributed by atoms with Gasteiger partial charge in [0.2, 0.25) is 5.91 Å². The van der Waals surface area contributed by atoms with Crippen LogP contribution < -0.4 is 4.74 Å². The van der Waals surface area contributed by atoms with Crippen LogP contribution in [0.15, 0.2) is 30.5 Å². The summed E-state index contributed by atoms with van der Waals surface area (Å²) in [6, 6.07) is 7.18. The molecule has 0 bridgehead atoms. The van der Waals surface area contributed by atoms with E-state index in [9.17, 15) is 9.59 Å². The van der Waals surface area contributed by atoms with E-state index in [1.807, 2.05) is 6.07 Å². The zero-order valence-electron chi connectivity index (χ0n) is 9.92. The van der Waals surface area contributed by atoms with Gasteiger partial charge in [0.25, 0.3) is 0 Å². The van der Waals surface area contributed by atoms with E-state index in [1.165, 1.54) is 4.57 Å². The molecule has 94 valence electrons. The van der Waals surface area contributed by atoms with Gasteiger partial charge in [-0.2, -0.15) is 0 Å². The Morgan fingerprint density at radius 3 is 2.72 bits per heavy atom. The standard InChI is InChI=1S/C13H13NO4/c1-18-10-2-3-11-9(8-10)6-7-14(11)12(15)4-5-13(16)17/h2-3,6-8H,4-5H2,1H3,(H,16,17). The highest BCUT2D eigenvalue weighted by Crippen LogP contribution is 2.22. The zero-order chi connectivity index (χ0) is 13.1. The molecule has 2 rings (SSSR count). The molecule has 0 unspecified atom stereocenters. The van der Waals surface area contributed by atoms with Crippen LogP contribution in [0.5, 0.6) is 5.75 Å². The maximum Gasteiger partial charge on any atom is 0.303 e. The van der Waals surface area contributed by atoms with E-state index in [0.29, 0.717) is 0 Å². The molecule has 0 saturated heterocycles. The molecule has 0 aliphatic rings. The molecule has 0 aliphatic carbocycles. The second-order valence-corrected chi connectivity index (χ2v) is 3.90. The second kappa shape index (κ2) is 4.91. The van der Waals surface area contributed by atoms with Crippen LogP contribution in [0.1, 0.15) is 17.6 Å². The molecule has 1 N–H and O–H groups in total. The first-order chi connectivity index (χ1) is 8.61. The van der Waals surface area contributed by atoms with Crippen LogP contribution in [0.4, 0.5) is 0 Å². The first-order valence-electron chi connectivity index (χ1n) is 5.52. The molecule has 5 nitrogen and oxygen atoms in total. The zero-order valence-corrected chi connectivity index (χ0v) is 9.92. The van der Waals surface area contributed by atoms with Gasteiger partial charge in [0, 0.05) is 18.0 Å². The number of benzene rings is 1. The number of aliphatic carboxylic acids is 1. The minimum absolute atomic E-state index is 0.00879. The minimum Gasteiger partial charge on any atom is -0.497 e. The van der Waals surface area contributed by atoms with Gasteiger partial charge in [-0.15, -0.1) is 0 Å². The lowest BCUT2D eigenvalue weighted by Crippen LogP contribution is -2.11. The van der Waals surface area contributed by atoms with E-state index < -0.39 is 5.97 Å². The van der Waals surface area contributed by atoms with Gasteiger partial charge < -0.3 is 9.84 Å². The van der Waals surface area contributed by atoms with Crippen molar-refractivity contribution in [3.8, 4) is 5.75 Å². The smallest absolute Gasteiger partial charge is 0.303 e. The fourth-order valence-corrected chi connectivity index (χ4v) is 1.80. The molecule has 1 aromatic heterocycles. The number of hydrogen-bond donors (Lipinski definition) is 1. The Labute approximate surface area is 104 Å². The van der Waals surface area contributed by atoms with Crippen LogP contribution in [0.2, 0.25) is 0 Å². The summed E-state index contributed by atoms with van der Waals surface area (Å²) >= 11 is 0. The molecule has 0 fully saturated rings. The van der Waals surface area contributed by atoms with Crippen LogP contribution >= 0.6 is 0 Å². The Morgan fingerprint density at radius 1 is 1.28 bits per heavy atom. The van der Waals surface area contributed by atoms with E-state index in [0.717, 1.165) is 16.7 Å². The molecule has 0 amide bonds. The third-order valence-electron chi connectivity index (χ3n) is 2.72. The molecule has 0 spiro atoms. The second-order valence-electron chi connectivity index (χ2n) is 3.90. The third kappa shape index (κ3) is 2.34. The SMILES string of the molecule is COc1ccc2c(ccn2C(=O)CCC(=O)O)c1. The fourth-order valence-electron chi connectivity index (χ4n) is 1.80. The lowest BCUT2D eigenvalue weighted by molar-refractivity contribution is -0.136. The van der Waals surface area contributed by atoms with Crippen LogP contribution in [-0.4, -0.2) is 28.7 Å². The average molecular weight is 247 g/mol. The molecule has 0 saturated carbocycles. The predicted octanol–water partition coefficient (Wildman–Crippen LogP) is 2.15. The highest BCUT2D eigenvalue weighted by molar-refractivity contribution is 5.94. The summed E-state index contributed by atoms with van der Waals surface area (Å²) < 4.78 is 6.57. The molecule has 18 heavy (non-hydrogen) atoms. The number of aromatic nitrogens is 1. The van der Waals surface area contributed by atoms with E-state index in [-0.39, 0.29) is 18.7 Å². The van der Waals surface area contributed by atoms with E-state index in [2.05, 4.69) is 0 Å². The normalized spacial score (nSPS) is 10.5. The minimum atomic E-state index is -0.971. The van der Waals surface area contributed by atoms with Gasteiger partial charge in [0.05, 0.1) is 19.0 Å². The van der Waals surface area contributed by atoms with Crippen molar-refractivity contribution in [2.45, 2.75) is 12.8 Å². The van der Waals surface area contributed by atoms with Gasteiger partial charge in [0.15, 0.2) is 0 Å². The van der Waals surface area contributed by atoms with Crippen LogP contribution in [0, 0.1) is 0 Å². The number of carbonyl (C=O) groups excluding carboxylic acids is 1. The molecule has 1 aromatic carbocycles. The van der Waals surface area contributed by atoms with E-state index >= 15 is 0 Å². The number of carbonyl (C=O) groups is 2. The molecule has 5 heteroatoms. The highest BCUT2D eigenvalue weighted by atomic mass is 16.5. The number of methoxy groups -OCH3 is 1. The molecule has 1 heterocycles. The van der Waals surface area contributed by atoms with Crippen molar-refractivity contribution in [3.05, 3.63) is 30.5 Å². The lowest BCUT2D eigenvalue weighted by atomic mass is 10.2. The maximum absolute atomic E-state index is 11.8. The Morgan fingerprint density at radius 2 is 2.06 bits per heavy atom. The summed E-state index contributed by atoms with van der Waals surface area (Å²) in [6.07, 6.45) is 1.48.